The van der Waals surface area contributed by atoms with Gasteiger partial charge in [-0.3, -0.25) is 4.79 Å². The van der Waals surface area contributed by atoms with E-state index in [1.165, 1.54) is 17.4 Å². The molecule has 2 rings (SSSR count). The normalized spacial score (nSPS) is 10.1. The van der Waals surface area contributed by atoms with Crippen LogP contribution < -0.4 is 5.32 Å². The first kappa shape index (κ1) is 17.9. The summed E-state index contributed by atoms with van der Waals surface area (Å²) in [5.41, 5.74) is 2.45. The molecule has 0 unspecified atom stereocenters. The number of hydrogen-bond acceptors (Lipinski definition) is 4. The van der Waals surface area contributed by atoms with E-state index in [2.05, 4.69) is 5.32 Å². The highest BCUT2D eigenvalue weighted by Crippen LogP contribution is 2.30. The molecule has 1 N–H and O–H groups in total. The summed E-state index contributed by atoms with van der Waals surface area (Å²) in [5.74, 6) is -0.658. The number of allylic oxidation sites excluding steroid dienone is 1. The Morgan fingerprint density at radius 1 is 1.21 bits per heavy atom. The van der Waals surface area contributed by atoms with Crippen LogP contribution in [0.5, 0.6) is 0 Å². The van der Waals surface area contributed by atoms with Crippen molar-refractivity contribution in [2.24, 2.45) is 0 Å². The fourth-order valence-corrected chi connectivity index (χ4v) is 3.27. The van der Waals surface area contributed by atoms with E-state index in [0.717, 1.165) is 16.0 Å². The van der Waals surface area contributed by atoms with Gasteiger partial charge in [0, 0.05) is 17.4 Å². The van der Waals surface area contributed by atoms with Gasteiger partial charge in [0.1, 0.15) is 5.00 Å². The number of benzene rings is 1. The lowest BCUT2D eigenvalue weighted by Gasteiger charge is -2.04. The fraction of sp³-hybridized carbons (Fsp3) is 0.263. The van der Waals surface area contributed by atoms with Crippen molar-refractivity contribution < 1.29 is 14.3 Å². The summed E-state index contributed by atoms with van der Waals surface area (Å²) in [6.07, 6.45) is 2.21. The maximum atomic E-state index is 12.2. The SMILES string of the molecule is CCOC(=O)c1cc(Cc2ccccc2)sc1NC(=O)C=C(C)C. The highest BCUT2D eigenvalue weighted by atomic mass is 32.1. The molecule has 0 saturated carbocycles. The van der Waals surface area contributed by atoms with Crippen LogP contribution in [0.15, 0.2) is 48.0 Å². The minimum Gasteiger partial charge on any atom is -0.462 e. The molecule has 126 valence electrons. The van der Waals surface area contributed by atoms with Gasteiger partial charge in [-0.25, -0.2) is 4.79 Å². The molecule has 0 aliphatic carbocycles. The van der Waals surface area contributed by atoms with Crippen LogP contribution >= 0.6 is 11.3 Å². The lowest BCUT2D eigenvalue weighted by molar-refractivity contribution is -0.111. The van der Waals surface area contributed by atoms with Crippen molar-refractivity contribution in [3.63, 3.8) is 0 Å². The summed E-state index contributed by atoms with van der Waals surface area (Å²) in [7, 11) is 0. The van der Waals surface area contributed by atoms with E-state index in [-0.39, 0.29) is 5.91 Å². The molecule has 0 atom stereocenters. The van der Waals surface area contributed by atoms with E-state index >= 15 is 0 Å². The van der Waals surface area contributed by atoms with Gasteiger partial charge in [-0.2, -0.15) is 0 Å². The Labute approximate surface area is 146 Å². The Hall–Kier alpha value is -2.40. The smallest absolute Gasteiger partial charge is 0.341 e. The second-order valence-corrected chi connectivity index (χ2v) is 6.69. The van der Waals surface area contributed by atoms with Gasteiger partial charge in [-0.1, -0.05) is 35.9 Å². The predicted molar refractivity (Wildman–Crippen MR) is 97.6 cm³/mol. The maximum Gasteiger partial charge on any atom is 0.341 e. The van der Waals surface area contributed by atoms with Crippen molar-refractivity contribution >= 4 is 28.2 Å². The predicted octanol–water partition coefficient (Wildman–Crippen LogP) is 4.42. The van der Waals surface area contributed by atoms with Gasteiger partial charge in [-0.15, -0.1) is 11.3 Å². The highest BCUT2D eigenvalue weighted by molar-refractivity contribution is 7.16. The quantitative estimate of drug-likeness (QED) is 0.624. The molecule has 1 aromatic heterocycles. The summed E-state index contributed by atoms with van der Waals surface area (Å²) >= 11 is 1.40. The number of nitrogens with one attached hydrogen (secondary N) is 1. The molecule has 0 fully saturated rings. The van der Waals surface area contributed by atoms with Crippen LogP contribution in [-0.4, -0.2) is 18.5 Å². The average molecular weight is 343 g/mol. The zero-order valence-electron chi connectivity index (χ0n) is 14.1. The van der Waals surface area contributed by atoms with Crippen LogP contribution in [0.1, 0.15) is 41.6 Å². The van der Waals surface area contributed by atoms with Crippen molar-refractivity contribution in [2.45, 2.75) is 27.2 Å². The van der Waals surface area contributed by atoms with Gasteiger partial charge in [0.05, 0.1) is 12.2 Å². The Balaban J connectivity index is 2.27. The third kappa shape index (κ3) is 5.06. The van der Waals surface area contributed by atoms with Gasteiger partial charge >= 0.3 is 5.97 Å². The van der Waals surface area contributed by atoms with Crippen LogP contribution in [0.2, 0.25) is 0 Å². The first-order valence-electron chi connectivity index (χ1n) is 7.79. The lowest BCUT2D eigenvalue weighted by Crippen LogP contribution is -2.12. The van der Waals surface area contributed by atoms with E-state index in [1.54, 1.807) is 13.0 Å². The van der Waals surface area contributed by atoms with E-state index in [1.807, 2.05) is 44.2 Å². The zero-order chi connectivity index (χ0) is 17.5. The van der Waals surface area contributed by atoms with Gasteiger partial charge in [0.15, 0.2) is 0 Å². The topological polar surface area (TPSA) is 55.4 Å². The van der Waals surface area contributed by atoms with E-state index in [4.69, 9.17) is 4.74 Å². The number of carbonyl (C=O) groups excluding carboxylic acids is 2. The number of amides is 1. The molecule has 0 saturated heterocycles. The van der Waals surface area contributed by atoms with Gasteiger partial charge < -0.3 is 10.1 Å². The van der Waals surface area contributed by atoms with Crippen LogP contribution in [0.25, 0.3) is 0 Å². The molecule has 0 bridgehead atoms. The lowest BCUT2D eigenvalue weighted by atomic mass is 10.1. The second kappa shape index (κ2) is 8.45. The Morgan fingerprint density at radius 3 is 2.54 bits per heavy atom. The van der Waals surface area contributed by atoms with Crippen molar-refractivity contribution in [1.82, 2.24) is 0 Å². The van der Waals surface area contributed by atoms with Crippen LogP contribution in [0.3, 0.4) is 0 Å². The van der Waals surface area contributed by atoms with E-state index in [0.29, 0.717) is 23.6 Å². The molecule has 0 aliphatic rings. The minimum atomic E-state index is -0.416. The maximum absolute atomic E-state index is 12.2. The largest absolute Gasteiger partial charge is 0.462 e. The molecule has 2 aromatic rings. The van der Waals surface area contributed by atoms with Crippen LogP contribution in [0, 0.1) is 0 Å². The molecule has 24 heavy (non-hydrogen) atoms. The average Bonchev–Trinajstić information content (AvgIpc) is 2.90. The first-order chi connectivity index (χ1) is 11.5. The Morgan fingerprint density at radius 2 is 1.92 bits per heavy atom. The Bertz CT molecular complexity index is 743. The number of thiophene rings is 1. The summed E-state index contributed by atoms with van der Waals surface area (Å²) in [4.78, 5) is 25.1. The third-order valence-corrected chi connectivity index (χ3v) is 4.21. The summed E-state index contributed by atoms with van der Waals surface area (Å²) in [6, 6.07) is 11.8. The van der Waals surface area contributed by atoms with Crippen molar-refractivity contribution in [3.05, 3.63) is 64.1 Å². The molecule has 0 aliphatic heterocycles. The van der Waals surface area contributed by atoms with Gasteiger partial charge in [-0.05, 0) is 32.4 Å². The molecule has 4 nitrogen and oxygen atoms in total. The molecular weight excluding hydrogens is 322 g/mol. The Kier molecular flexibility index (Phi) is 6.32. The standard InChI is InChI=1S/C19H21NO3S/c1-4-23-19(22)16-12-15(11-14-8-6-5-7-9-14)24-18(16)20-17(21)10-13(2)3/h5-10,12H,4,11H2,1-3H3,(H,20,21). The van der Waals surface area contributed by atoms with Crippen molar-refractivity contribution in [3.8, 4) is 0 Å². The number of ether oxygens (including phenoxy) is 1. The molecule has 0 spiro atoms. The highest BCUT2D eigenvalue weighted by Gasteiger charge is 2.18. The summed E-state index contributed by atoms with van der Waals surface area (Å²) < 4.78 is 5.10. The number of hydrogen-bond donors (Lipinski definition) is 1. The number of anilines is 1. The summed E-state index contributed by atoms with van der Waals surface area (Å²) in [5, 5.41) is 3.32. The molecule has 1 amide bonds. The number of carbonyl (C=O) groups is 2. The zero-order valence-corrected chi connectivity index (χ0v) is 14.9. The van der Waals surface area contributed by atoms with Gasteiger partial charge in [0.25, 0.3) is 0 Å². The van der Waals surface area contributed by atoms with Gasteiger partial charge in [0.2, 0.25) is 5.91 Å². The summed E-state index contributed by atoms with van der Waals surface area (Å²) in [6.45, 7) is 5.75. The number of rotatable bonds is 6. The van der Waals surface area contributed by atoms with Crippen LogP contribution in [0.4, 0.5) is 5.00 Å². The minimum absolute atomic E-state index is 0.242. The molecule has 1 aromatic carbocycles. The van der Waals surface area contributed by atoms with Crippen molar-refractivity contribution in [2.75, 3.05) is 11.9 Å². The van der Waals surface area contributed by atoms with E-state index < -0.39 is 5.97 Å². The van der Waals surface area contributed by atoms with E-state index in [9.17, 15) is 9.59 Å². The third-order valence-electron chi connectivity index (χ3n) is 3.16. The number of esters is 1. The monoisotopic (exact) mass is 343 g/mol. The molecular formula is C19H21NO3S. The fourth-order valence-electron chi connectivity index (χ4n) is 2.19. The van der Waals surface area contributed by atoms with Crippen molar-refractivity contribution in [1.29, 1.82) is 0 Å². The molecule has 5 heteroatoms. The van der Waals surface area contributed by atoms with Crippen LogP contribution in [-0.2, 0) is 16.0 Å². The first-order valence-corrected chi connectivity index (χ1v) is 8.61. The second-order valence-electron chi connectivity index (χ2n) is 5.55. The molecule has 1 heterocycles. The molecule has 0 radical (unpaired) electrons.